The van der Waals surface area contributed by atoms with Gasteiger partial charge in [0.05, 0.1) is 0 Å². The van der Waals surface area contributed by atoms with Crippen molar-refractivity contribution in [3.8, 4) is 6.07 Å². The molecule has 5 nitrogen and oxygen atoms in total. The number of rotatable bonds is 2. The highest BCUT2D eigenvalue weighted by molar-refractivity contribution is 5.62. The van der Waals surface area contributed by atoms with E-state index < -0.39 is 5.69 Å². The van der Waals surface area contributed by atoms with Crippen LogP contribution in [0, 0.1) is 32.1 Å². The average molecular weight is 254 g/mol. The van der Waals surface area contributed by atoms with E-state index in [1.165, 1.54) is 11.6 Å². The number of aryl methyl sites for hydroxylation is 3. The van der Waals surface area contributed by atoms with E-state index in [1.807, 2.05) is 32.9 Å². The Balaban J connectivity index is 2.42. The van der Waals surface area contributed by atoms with Crippen LogP contribution in [0.5, 0.6) is 0 Å². The molecule has 96 valence electrons. The highest BCUT2D eigenvalue weighted by atomic mass is 16.1. The van der Waals surface area contributed by atoms with Gasteiger partial charge < -0.3 is 5.32 Å². The van der Waals surface area contributed by atoms with Crippen molar-refractivity contribution in [3.63, 3.8) is 0 Å². The lowest BCUT2D eigenvalue weighted by Crippen LogP contribution is -2.13. The second kappa shape index (κ2) is 4.94. The number of hydrogen-bond donors (Lipinski definition) is 2. The summed E-state index contributed by atoms with van der Waals surface area (Å²) >= 11 is 0. The normalized spacial score (nSPS) is 10.0. The summed E-state index contributed by atoms with van der Waals surface area (Å²) in [6.07, 6.45) is 0. The second-order valence-corrected chi connectivity index (χ2v) is 4.47. The standard InChI is InChI=1S/C14H14N4O/c1-8-4-10(3)12(5-9(8)2)17-13-6-11(7-15)16-14(19)18-13/h4-6H,1-3H3,(H2,16,17,18,19). The van der Waals surface area contributed by atoms with Crippen molar-refractivity contribution in [1.29, 1.82) is 5.26 Å². The molecule has 2 rings (SSSR count). The summed E-state index contributed by atoms with van der Waals surface area (Å²) in [7, 11) is 0. The van der Waals surface area contributed by atoms with Gasteiger partial charge in [-0.3, -0.25) is 4.98 Å². The van der Waals surface area contributed by atoms with E-state index >= 15 is 0 Å². The molecule has 1 heterocycles. The molecule has 2 N–H and O–H groups in total. The lowest BCUT2D eigenvalue weighted by molar-refractivity contribution is 1.06. The lowest BCUT2D eigenvalue weighted by atomic mass is 10.1. The molecule has 0 fully saturated rings. The van der Waals surface area contributed by atoms with E-state index in [0.29, 0.717) is 5.82 Å². The third-order valence-electron chi connectivity index (χ3n) is 2.97. The number of hydrogen-bond acceptors (Lipinski definition) is 4. The molecular weight excluding hydrogens is 240 g/mol. The number of nitriles is 1. The van der Waals surface area contributed by atoms with E-state index in [2.05, 4.69) is 21.4 Å². The van der Waals surface area contributed by atoms with Gasteiger partial charge in [0.2, 0.25) is 0 Å². The van der Waals surface area contributed by atoms with E-state index in [9.17, 15) is 4.79 Å². The molecule has 0 unspecified atom stereocenters. The zero-order chi connectivity index (χ0) is 14.0. The van der Waals surface area contributed by atoms with Gasteiger partial charge >= 0.3 is 5.69 Å². The maximum Gasteiger partial charge on any atom is 0.347 e. The van der Waals surface area contributed by atoms with Crippen LogP contribution in [0.2, 0.25) is 0 Å². The van der Waals surface area contributed by atoms with Crippen LogP contribution < -0.4 is 11.0 Å². The molecule has 2 aromatic rings. The topological polar surface area (TPSA) is 81.6 Å². The molecule has 0 spiro atoms. The van der Waals surface area contributed by atoms with Gasteiger partial charge in [-0.2, -0.15) is 10.2 Å². The number of H-pyrrole nitrogens is 1. The van der Waals surface area contributed by atoms with Crippen LogP contribution in [0.4, 0.5) is 11.5 Å². The summed E-state index contributed by atoms with van der Waals surface area (Å²) in [6.45, 7) is 6.05. The molecule has 1 aromatic carbocycles. The third kappa shape index (κ3) is 2.80. The Bertz CT molecular complexity index is 725. The molecule has 0 atom stereocenters. The van der Waals surface area contributed by atoms with E-state index in [0.717, 1.165) is 16.8 Å². The first-order chi connectivity index (χ1) is 8.99. The molecule has 0 bridgehead atoms. The predicted octanol–water partition coefficient (Wildman–Crippen LogP) is 2.31. The highest BCUT2D eigenvalue weighted by Gasteiger charge is 2.05. The fourth-order valence-electron chi connectivity index (χ4n) is 1.82. The zero-order valence-electron chi connectivity index (χ0n) is 11.0. The Morgan fingerprint density at radius 3 is 2.53 bits per heavy atom. The smallest absolute Gasteiger partial charge is 0.340 e. The monoisotopic (exact) mass is 254 g/mol. The number of benzene rings is 1. The Kier molecular flexibility index (Phi) is 3.34. The van der Waals surface area contributed by atoms with E-state index in [1.54, 1.807) is 0 Å². The summed E-state index contributed by atoms with van der Waals surface area (Å²) in [4.78, 5) is 17.5. The molecular formula is C14H14N4O. The molecule has 0 amide bonds. The van der Waals surface area contributed by atoms with E-state index in [4.69, 9.17) is 5.26 Å². The molecule has 0 saturated carbocycles. The van der Waals surface area contributed by atoms with Crippen LogP contribution in [0.25, 0.3) is 0 Å². The Labute approximate surface area is 110 Å². The predicted molar refractivity (Wildman–Crippen MR) is 73.5 cm³/mol. The van der Waals surface area contributed by atoms with Gasteiger partial charge in [0.1, 0.15) is 17.6 Å². The highest BCUT2D eigenvalue weighted by Crippen LogP contribution is 2.22. The summed E-state index contributed by atoms with van der Waals surface area (Å²) < 4.78 is 0. The maximum absolute atomic E-state index is 11.3. The minimum atomic E-state index is -0.539. The SMILES string of the molecule is Cc1cc(C)c(Nc2cc(C#N)[nH]c(=O)n2)cc1C. The van der Waals surface area contributed by atoms with Gasteiger partial charge in [0, 0.05) is 11.8 Å². The number of aromatic nitrogens is 2. The molecule has 0 saturated heterocycles. The minimum Gasteiger partial charge on any atom is -0.340 e. The third-order valence-corrected chi connectivity index (χ3v) is 2.97. The van der Waals surface area contributed by atoms with Gasteiger partial charge in [-0.15, -0.1) is 0 Å². The first-order valence-electron chi connectivity index (χ1n) is 5.86. The van der Waals surface area contributed by atoms with Crippen molar-refractivity contribution in [2.45, 2.75) is 20.8 Å². The number of nitrogens with zero attached hydrogens (tertiary/aromatic N) is 2. The quantitative estimate of drug-likeness (QED) is 0.861. The van der Waals surface area contributed by atoms with Crippen LogP contribution in [0.3, 0.4) is 0 Å². The minimum absolute atomic E-state index is 0.184. The van der Waals surface area contributed by atoms with Crippen LogP contribution in [0.1, 0.15) is 22.4 Å². The summed E-state index contributed by atoms with van der Waals surface area (Å²) in [6, 6.07) is 7.47. The first-order valence-corrected chi connectivity index (χ1v) is 5.86. The summed E-state index contributed by atoms with van der Waals surface area (Å²) in [5.41, 5.74) is 3.94. The largest absolute Gasteiger partial charge is 0.347 e. The van der Waals surface area contributed by atoms with Crippen molar-refractivity contribution in [3.05, 3.63) is 51.1 Å². The summed E-state index contributed by atoms with van der Waals surface area (Å²) in [5.74, 6) is 0.367. The Hall–Kier alpha value is -2.61. The molecule has 1 aromatic heterocycles. The summed E-state index contributed by atoms with van der Waals surface area (Å²) in [5, 5.41) is 11.9. The zero-order valence-corrected chi connectivity index (χ0v) is 11.0. The van der Waals surface area contributed by atoms with Gasteiger partial charge in [-0.25, -0.2) is 4.79 Å². The van der Waals surface area contributed by atoms with Gasteiger partial charge in [-0.1, -0.05) is 6.07 Å². The maximum atomic E-state index is 11.3. The van der Waals surface area contributed by atoms with Crippen molar-refractivity contribution >= 4 is 11.5 Å². The van der Waals surface area contributed by atoms with Gasteiger partial charge in [0.25, 0.3) is 0 Å². The molecule has 19 heavy (non-hydrogen) atoms. The number of nitrogens with one attached hydrogen (secondary N) is 2. The van der Waals surface area contributed by atoms with Gasteiger partial charge in [0.15, 0.2) is 0 Å². The van der Waals surface area contributed by atoms with Crippen molar-refractivity contribution < 1.29 is 0 Å². The molecule has 0 aliphatic rings. The fraction of sp³-hybridized carbons (Fsp3) is 0.214. The van der Waals surface area contributed by atoms with Crippen LogP contribution in [-0.2, 0) is 0 Å². The molecule has 0 aliphatic heterocycles. The number of anilines is 2. The van der Waals surface area contributed by atoms with Crippen molar-refractivity contribution in [2.24, 2.45) is 0 Å². The second-order valence-electron chi connectivity index (χ2n) is 4.47. The van der Waals surface area contributed by atoms with Crippen molar-refractivity contribution in [1.82, 2.24) is 9.97 Å². The van der Waals surface area contributed by atoms with E-state index in [-0.39, 0.29) is 5.69 Å². The lowest BCUT2D eigenvalue weighted by Gasteiger charge is -2.11. The molecule has 5 heteroatoms. The van der Waals surface area contributed by atoms with Crippen LogP contribution >= 0.6 is 0 Å². The van der Waals surface area contributed by atoms with Crippen LogP contribution in [-0.4, -0.2) is 9.97 Å². The molecule has 0 aliphatic carbocycles. The Morgan fingerprint density at radius 2 is 1.84 bits per heavy atom. The first kappa shape index (κ1) is 12.8. The van der Waals surface area contributed by atoms with Crippen molar-refractivity contribution in [2.75, 3.05) is 5.32 Å². The van der Waals surface area contributed by atoms with Gasteiger partial charge in [-0.05, 0) is 43.5 Å². The van der Waals surface area contributed by atoms with Crippen LogP contribution in [0.15, 0.2) is 23.0 Å². The number of aromatic amines is 1. The average Bonchev–Trinajstić information content (AvgIpc) is 2.35. The fourth-order valence-corrected chi connectivity index (χ4v) is 1.82. The Morgan fingerprint density at radius 1 is 1.16 bits per heavy atom. The molecule has 0 radical (unpaired) electrons.